The van der Waals surface area contributed by atoms with Crippen molar-refractivity contribution in [2.45, 2.75) is 45.1 Å². The SMILES string of the molecule is C[C@@H]1CCCN1CCCOc1ccc2c(c1)CCC(=O)N2c1ccc2ncccc2c1. The highest BCUT2D eigenvalue weighted by Gasteiger charge is 2.26. The molecule has 0 radical (unpaired) electrons. The minimum atomic E-state index is 0.129. The van der Waals surface area contributed by atoms with E-state index < -0.39 is 0 Å². The van der Waals surface area contributed by atoms with Crippen LogP contribution in [0.4, 0.5) is 11.4 Å². The molecule has 2 aromatic carbocycles. The van der Waals surface area contributed by atoms with Crippen LogP contribution in [0.1, 0.15) is 38.2 Å². The number of anilines is 2. The average molecular weight is 416 g/mol. The van der Waals surface area contributed by atoms with Gasteiger partial charge >= 0.3 is 0 Å². The molecule has 1 amide bonds. The number of nitrogens with zero attached hydrogens (tertiary/aromatic N) is 3. The van der Waals surface area contributed by atoms with E-state index >= 15 is 0 Å². The lowest BCUT2D eigenvalue weighted by Gasteiger charge is -2.30. The number of hydrogen-bond donors (Lipinski definition) is 0. The molecule has 2 aliphatic heterocycles. The van der Waals surface area contributed by atoms with Crippen molar-refractivity contribution in [2.75, 3.05) is 24.6 Å². The fourth-order valence-electron chi connectivity index (χ4n) is 4.83. The van der Waals surface area contributed by atoms with Crippen molar-refractivity contribution in [2.24, 2.45) is 0 Å². The molecule has 5 heteroatoms. The van der Waals surface area contributed by atoms with Crippen LogP contribution in [0.2, 0.25) is 0 Å². The standard InChI is InChI=1S/C26H29N3O2/c1-19-5-3-14-28(19)15-4-16-31-23-9-11-25-21(18-23)7-12-26(30)29(25)22-8-10-24-20(17-22)6-2-13-27-24/h2,6,8-11,13,17-19H,3-5,7,12,14-16H2,1H3/t19-/m1/s1. The maximum atomic E-state index is 12.8. The fourth-order valence-corrected chi connectivity index (χ4v) is 4.83. The summed E-state index contributed by atoms with van der Waals surface area (Å²) in [6.45, 7) is 5.36. The minimum absolute atomic E-state index is 0.129. The number of aromatic nitrogens is 1. The highest BCUT2D eigenvalue weighted by molar-refractivity contribution is 6.04. The number of ether oxygens (including phenoxy) is 1. The molecule has 31 heavy (non-hydrogen) atoms. The molecule has 0 saturated carbocycles. The molecule has 5 nitrogen and oxygen atoms in total. The van der Waals surface area contributed by atoms with E-state index in [4.69, 9.17) is 4.74 Å². The zero-order chi connectivity index (χ0) is 21.2. The number of carbonyl (C=O) groups is 1. The molecule has 5 rings (SSSR count). The number of aryl methyl sites for hydroxylation is 1. The summed E-state index contributed by atoms with van der Waals surface area (Å²) in [5, 5.41) is 1.03. The largest absolute Gasteiger partial charge is 0.494 e. The first-order valence-electron chi connectivity index (χ1n) is 11.4. The smallest absolute Gasteiger partial charge is 0.231 e. The second kappa shape index (κ2) is 8.67. The van der Waals surface area contributed by atoms with E-state index in [-0.39, 0.29) is 5.91 Å². The zero-order valence-electron chi connectivity index (χ0n) is 18.1. The monoisotopic (exact) mass is 415 g/mol. The van der Waals surface area contributed by atoms with E-state index in [2.05, 4.69) is 22.9 Å². The van der Waals surface area contributed by atoms with Gasteiger partial charge in [-0.3, -0.25) is 14.7 Å². The van der Waals surface area contributed by atoms with Crippen LogP contribution in [0.15, 0.2) is 54.7 Å². The Balaban J connectivity index is 1.30. The van der Waals surface area contributed by atoms with Gasteiger partial charge in [0.15, 0.2) is 0 Å². The molecule has 0 spiro atoms. The van der Waals surface area contributed by atoms with Gasteiger partial charge in [0.2, 0.25) is 5.91 Å². The Kier molecular flexibility index (Phi) is 5.60. The van der Waals surface area contributed by atoms with Crippen LogP contribution in [0, 0.1) is 0 Å². The Hall–Kier alpha value is -2.92. The summed E-state index contributed by atoms with van der Waals surface area (Å²) in [5.74, 6) is 1.02. The summed E-state index contributed by atoms with van der Waals surface area (Å²) in [6, 6.07) is 16.8. The third-order valence-corrected chi connectivity index (χ3v) is 6.54. The molecule has 0 aliphatic carbocycles. The van der Waals surface area contributed by atoms with Crippen molar-refractivity contribution in [3.8, 4) is 5.75 Å². The first-order chi connectivity index (χ1) is 15.2. The summed E-state index contributed by atoms with van der Waals surface area (Å²) < 4.78 is 6.05. The number of fused-ring (bicyclic) bond motifs is 2. The van der Waals surface area contributed by atoms with Crippen LogP contribution < -0.4 is 9.64 Å². The number of amides is 1. The Morgan fingerprint density at radius 1 is 1.13 bits per heavy atom. The van der Waals surface area contributed by atoms with E-state index in [0.29, 0.717) is 12.5 Å². The molecular formula is C26H29N3O2. The van der Waals surface area contributed by atoms with E-state index in [1.165, 1.54) is 19.4 Å². The van der Waals surface area contributed by atoms with Crippen molar-refractivity contribution >= 4 is 28.2 Å². The average Bonchev–Trinajstić information content (AvgIpc) is 3.21. The number of hydrogen-bond acceptors (Lipinski definition) is 4. The van der Waals surface area contributed by atoms with Gasteiger partial charge in [-0.05, 0) is 87.2 Å². The van der Waals surface area contributed by atoms with Crippen LogP contribution in [0.25, 0.3) is 10.9 Å². The Morgan fingerprint density at radius 2 is 2.06 bits per heavy atom. The van der Waals surface area contributed by atoms with E-state index in [0.717, 1.165) is 59.6 Å². The van der Waals surface area contributed by atoms with E-state index in [9.17, 15) is 4.79 Å². The second-order valence-corrected chi connectivity index (χ2v) is 8.63. The molecule has 1 fully saturated rings. The first-order valence-corrected chi connectivity index (χ1v) is 11.4. The van der Waals surface area contributed by atoms with Gasteiger partial charge in [-0.1, -0.05) is 6.07 Å². The highest BCUT2D eigenvalue weighted by atomic mass is 16.5. The van der Waals surface area contributed by atoms with E-state index in [1.807, 2.05) is 47.4 Å². The van der Waals surface area contributed by atoms with Gasteiger partial charge in [0.1, 0.15) is 5.75 Å². The molecule has 160 valence electrons. The zero-order valence-corrected chi connectivity index (χ0v) is 18.1. The van der Waals surface area contributed by atoms with Crippen LogP contribution >= 0.6 is 0 Å². The van der Waals surface area contributed by atoms with Crippen molar-refractivity contribution < 1.29 is 9.53 Å². The lowest BCUT2D eigenvalue weighted by Crippen LogP contribution is -2.30. The fraction of sp³-hybridized carbons (Fsp3) is 0.385. The maximum Gasteiger partial charge on any atom is 0.231 e. The molecule has 1 saturated heterocycles. The second-order valence-electron chi connectivity index (χ2n) is 8.63. The van der Waals surface area contributed by atoms with Crippen LogP contribution in [0.5, 0.6) is 5.75 Å². The van der Waals surface area contributed by atoms with Gasteiger partial charge in [0.25, 0.3) is 0 Å². The first kappa shape index (κ1) is 20.0. The molecule has 2 aliphatic rings. The quantitative estimate of drug-likeness (QED) is 0.526. The minimum Gasteiger partial charge on any atom is -0.494 e. The third kappa shape index (κ3) is 4.15. The van der Waals surface area contributed by atoms with Gasteiger partial charge in [-0.2, -0.15) is 0 Å². The predicted molar refractivity (Wildman–Crippen MR) is 124 cm³/mol. The van der Waals surface area contributed by atoms with Gasteiger partial charge in [0.05, 0.1) is 17.8 Å². The number of rotatable bonds is 6. The molecule has 0 bridgehead atoms. The number of likely N-dealkylation sites (tertiary alicyclic amines) is 1. The summed E-state index contributed by atoms with van der Waals surface area (Å²) in [6.07, 6.45) is 6.72. The van der Waals surface area contributed by atoms with E-state index in [1.54, 1.807) is 6.20 Å². The Bertz CT molecular complexity index is 1100. The Morgan fingerprint density at radius 3 is 2.94 bits per heavy atom. The number of benzene rings is 2. The van der Waals surface area contributed by atoms with Crippen LogP contribution in [-0.4, -0.2) is 41.5 Å². The van der Waals surface area contributed by atoms with Crippen molar-refractivity contribution in [1.82, 2.24) is 9.88 Å². The van der Waals surface area contributed by atoms with Crippen molar-refractivity contribution in [1.29, 1.82) is 0 Å². The summed E-state index contributed by atoms with van der Waals surface area (Å²) in [5.41, 5.74) is 3.94. The van der Waals surface area contributed by atoms with Crippen molar-refractivity contribution in [3.05, 3.63) is 60.3 Å². The van der Waals surface area contributed by atoms with Crippen molar-refractivity contribution in [3.63, 3.8) is 0 Å². The summed E-state index contributed by atoms with van der Waals surface area (Å²) in [4.78, 5) is 21.6. The maximum absolute atomic E-state index is 12.8. The number of carbonyl (C=O) groups excluding carboxylic acids is 1. The predicted octanol–water partition coefficient (Wildman–Crippen LogP) is 5.10. The molecule has 1 atom stereocenters. The normalized spacial score (nSPS) is 19.1. The molecule has 0 unspecified atom stereocenters. The van der Waals surface area contributed by atoms with Gasteiger partial charge in [0, 0.05) is 36.3 Å². The van der Waals surface area contributed by atoms with Crippen LogP contribution in [0.3, 0.4) is 0 Å². The Labute approximate surface area is 183 Å². The van der Waals surface area contributed by atoms with Gasteiger partial charge in [-0.25, -0.2) is 0 Å². The summed E-state index contributed by atoms with van der Waals surface area (Å²) in [7, 11) is 0. The van der Waals surface area contributed by atoms with Gasteiger partial charge in [-0.15, -0.1) is 0 Å². The number of pyridine rings is 1. The highest BCUT2D eigenvalue weighted by Crippen LogP contribution is 2.37. The lowest BCUT2D eigenvalue weighted by molar-refractivity contribution is -0.118. The van der Waals surface area contributed by atoms with Crippen LogP contribution in [-0.2, 0) is 11.2 Å². The molecule has 3 heterocycles. The molecule has 3 aromatic rings. The third-order valence-electron chi connectivity index (χ3n) is 6.54. The summed E-state index contributed by atoms with van der Waals surface area (Å²) >= 11 is 0. The van der Waals surface area contributed by atoms with Gasteiger partial charge < -0.3 is 9.64 Å². The molecule has 0 N–H and O–H groups in total. The molecular weight excluding hydrogens is 386 g/mol. The topological polar surface area (TPSA) is 45.7 Å². The lowest BCUT2D eigenvalue weighted by atomic mass is 9.99. The molecule has 1 aromatic heterocycles.